The molecule has 2 heterocycles. The molecule has 0 aromatic rings. The van der Waals surface area contributed by atoms with Crippen LogP contribution in [-0.2, 0) is 9.47 Å². The minimum absolute atomic E-state index is 0. The number of hydrogen-bond donors (Lipinski definition) is 1. The summed E-state index contributed by atoms with van der Waals surface area (Å²) in [5.41, 5.74) is 0. The second kappa shape index (κ2) is 13.1. The van der Waals surface area contributed by atoms with Crippen molar-refractivity contribution < 1.29 is 9.47 Å². The summed E-state index contributed by atoms with van der Waals surface area (Å²) in [5.74, 6) is 2.33. The number of guanidine groups is 1. The van der Waals surface area contributed by atoms with Gasteiger partial charge < -0.3 is 19.7 Å². The van der Waals surface area contributed by atoms with Gasteiger partial charge in [-0.25, -0.2) is 0 Å². The second-order valence-corrected chi connectivity index (χ2v) is 7.51. The molecule has 0 saturated carbocycles. The molecule has 154 valence electrons. The van der Waals surface area contributed by atoms with Crippen LogP contribution in [0, 0.1) is 11.8 Å². The van der Waals surface area contributed by atoms with E-state index in [0.29, 0.717) is 12.0 Å². The molecule has 0 aliphatic carbocycles. The molecule has 26 heavy (non-hydrogen) atoms. The smallest absolute Gasteiger partial charge is 0.193 e. The highest BCUT2D eigenvalue weighted by Gasteiger charge is 2.27. The molecular formula is C19H39IN4O2. The Bertz CT molecular complexity index is 403. The largest absolute Gasteiger partial charge is 0.379 e. The van der Waals surface area contributed by atoms with Gasteiger partial charge >= 0.3 is 0 Å². The number of halogens is 1. The Kier molecular flexibility index (Phi) is 12.1. The van der Waals surface area contributed by atoms with Gasteiger partial charge in [0.25, 0.3) is 0 Å². The van der Waals surface area contributed by atoms with Crippen molar-refractivity contribution in [1.82, 2.24) is 15.1 Å². The van der Waals surface area contributed by atoms with Gasteiger partial charge in [0.15, 0.2) is 5.96 Å². The molecule has 2 aliphatic heterocycles. The van der Waals surface area contributed by atoms with E-state index in [-0.39, 0.29) is 24.0 Å². The molecule has 7 heteroatoms. The van der Waals surface area contributed by atoms with Crippen molar-refractivity contribution in [3.8, 4) is 0 Å². The number of aliphatic imine (C=N–C) groups is 1. The number of rotatable bonds is 8. The highest BCUT2D eigenvalue weighted by Crippen LogP contribution is 2.18. The molecule has 0 bridgehead atoms. The van der Waals surface area contributed by atoms with E-state index in [9.17, 15) is 0 Å². The summed E-state index contributed by atoms with van der Waals surface area (Å²) in [7, 11) is 1.89. The molecule has 0 spiro atoms. The normalized spacial score (nSPS) is 23.2. The molecule has 0 radical (unpaired) electrons. The van der Waals surface area contributed by atoms with Crippen LogP contribution in [0.25, 0.3) is 0 Å². The van der Waals surface area contributed by atoms with E-state index in [1.165, 1.54) is 13.0 Å². The molecule has 1 N–H and O–H groups in total. The van der Waals surface area contributed by atoms with Crippen molar-refractivity contribution in [3.63, 3.8) is 0 Å². The molecule has 2 rings (SSSR count). The average molecular weight is 482 g/mol. The van der Waals surface area contributed by atoms with Gasteiger partial charge in [0.05, 0.1) is 19.3 Å². The standard InChI is InChI=1S/C19H38N4O2.HI/c1-5-25-18(16(2)3)6-8-21-19(20-4)23-9-7-17(15-23)14-22-10-12-24-13-11-22;/h16-18H,5-15H2,1-4H3,(H,20,21);1H. The Morgan fingerprint density at radius 1 is 1.27 bits per heavy atom. The fourth-order valence-electron chi connectivity index (χ4n) is 3.80. The number of morpholine rings is 1. The lowest BCUT2D eigenvalue weighted by Crippen LogP contribution is -2.43. The first-order valence-corrected chi connectivity index (χ1v) is 10.0. The first kappa shape index (κ1) is 23.9. The fourth-order valence-corrected chi connectivity index (χ4v) is 3.80. The lowest BCUT2D eigenvalue weighted by Gasteiger charge is -2.29. The zero-order chi connectivity index (χ0) is 18.1. The predicted octanol–water partition coefficient (Wildman–Crippen LogP) is 2.29. The van der Waals surface area contributed by atoms with Gasteiger partial charge in [-0.2, -0.15) is 0 Å². The highest BCUT2D eigenvalue weighted by molar-refractivity contribution is 14.0. The number of likely N-dealkylation sites (tertiary alicyclic amines) is 1. The zero-order valence-corrected chi connectivity index (χ0v) is 19.4. The maximum absolute atomic E-state index is 5.84. The van der Waals surface area contributed by atoms with E-state index >= 15 is 0 Å². The summed E-state index contributed by atoms with van der Waals surface area (Å²) in [6, 6.07) is 0. The summed E-state index contributed by atoms with van der Waals surface area (Å²) in [5, 5.41) is 3.54. The molecular weight excluding hydrogens is 443 g/mol. The van der Waals surface area contributed by atoms with Crippen LogP contribution in [0.3, 0.4) is 0 Å². The van der Waals surface area contributed by atoms with Crippen molar-refractivity contribution >= 4 is 29.9 Å². The number of nitrogens with one attached hydrogen (secondary N) is 1. The summed E-state index contributed by atoms with van der Waals surface area (Å²) in [6.07, 6.45) is 2.60. The molecule has 2 fully saturated rings. The van der Waals surface area contributed by atoms with E-state index in [2.05, 4.69) is 40.9 Å². The van der Waals surface area contributed by atoms with Crippen molar-refractivity contribution in [3.05, 3.63) is 0 Å². The maximum Gasteiger partial charge on any atom is 0.193 e. The third-order valence-corrected chi connectivity index (χ3v) is 5.25. The fraction of sp³-hybridized carbons (Fsp3) is 0.947. The molecule has 2 saturated heterocycles. The average Bonchev–Trinajstić information content (AvgIpc) is 3.06. The summed E-state index contributed by atoms with van der Waals surface area (Å²) < 4.78 is 11.3. The molecule has 0 amide bonds. The Labute approximate surface area is 177 Å². The van der Waals surface area contributed by atoms with Crippen LogP contribution in [-0.4, -0.2) is 88.0 Å². The quantitative estimate of drug-likeness (QED) is 0.327. The number of hydrogen-bond acceptors (Lipinski definition) is 4. The minimum Gasteiger partial charge on any atom is -0.379 e. The molecule has 2 atom stereocenters. The first-order chi connectivity index (χ1) is 12.1. The number of ether oxygens (including phenoxy) is 2. The van der Waals surface area contributed by atoms with Crippen molar-refractivity contribution in [2.45, 2.75) is 39.7 Å². The minimum atomic E-state index is 0. The van der Waals surface area contributed by atoms with Crippen LogP contribution in [0.1, 0.15) is 33.6 Å². The first-order valence-electron chi connectivity index (χ1n) is 10.0. The third-order valence-electron chi connectivity index (χ3n) is 5.25. The monoisotopic (exact) mass is 482 g/mol. The van der Waals surface area contributed by atoms with Crippen LogP contribution in [0.2, 0.25) is 0 Å². The molecule has 0 aromatic carbocycles. The van der Waals surface area contributed by atoms with Crippen molar-refractivity contribution in [2.75, 3.05) is 66.1 Å². The molecule has 0 aromatic heterocycles. The summed E-state index contributed by atoms with van der Waals surface area (Å²) in [4.78, 5) is 9.45. The van der Waals surface area contributed by atoms with Gasteiger partial charge in [0.2, 0.25) is 0 Å². The number of nitrogens with zero attached hydrogens (tertiary/aromatic N) is 3. The highest BCUT2D eigenvalue weighted by atomic mass is 127. The lowest BCUT2D eigenvalue weighted by atomic mass is 10.0. The van der Waals surface area contributed by atoms with Gasteiger partial charge in [-0.3, -0.25) is 9.89 Å². The van der Waals surface area contributed by atoms with Gasteiger partial charge in [-0.05, 0) is 31.6 Å². The van der Waals surface area contributed by atoms with E-state index in [0.717, 1.165) is 70.8 Å². The van der Waals surface area contributed by atoms with E-state index in [4.69, 9.17) is 9.47 Å². The topological polar surface area (TPSA) is 49.3 Å². The van der Waals surface area contributed by atoms with E-state index < -0.39 is 0 Å². The Morgan fingerprint density at radius 2 is 2.00 bits per heavy atom. The van der Waals surface area contributed by atoms with Crippen LogP contribution >= 0.6 is 24.0 Å². The van der Waals surface area contributed by atoms with Crippen molar-refractivity contribution in [1.29, 1.82) is 0 Å². The van der Waals surface area contributed by atoms with E-state index in [1.54, 1.807) is 0 Å². The Balaban J connectivity index is 0.00000338. The molecule has 6 nitrogen and oxygen atoms in total. The van der Waals surface area contributed by atoms with Gasteiger partial charge in [0.1, 0.15) is 0 Å². The summed E-state index contributed by atoms with van der Waals surface area (Å²) >= 11 is 0. The molecule has 2 unspecified atom stereocenters. The lowest BCUT2D eigenvalue weighted by molar-refractivity contribution is 0.0257. The SMILES string of the molecule is CCOC(CCNC(=NC)N1CCC(CN2CCOCC2)C1)C(C)C.I. The second-order valence-electron chi connectivity index (χ2n) is 7.51. The Hall–Kier alpha value is -0.120. The Morgan fingerprint density at radius 3 is 2.62 bits per heavy atom. The molecule has 2 aliphatic rings. The van der Waals surface area contributed by atoms with Crippen LogP contribution in [0.15, 0.2) is 4.99 Å². The maximum atomic E-state index is 5.84. The van der Waals surface area contributed by atoms with Gasteiger partial charge in [-0.15, -0.1) is 24.0 Å². The predicted molar refractivity (Wildman–Crippen MR) is 119 cm³/mol. The van der Waals surface area contributed by atoms with E-state index in [1.807, 2.05) is 7.05 Å². The van der Waals surface area contributed by atoms with Gasteiger partial charge in [-0.1, -0.05) is 13.8 Å². The van der Waals surface area contributed by atoms with Crippen molar-refractivity contribution in [2.24, 2.45) is 16.8 Å². The third kappa shape index (κ3) is 7.86. The summed E-state index contributed by atoms with van der Waals surface area (Å²) in [6.45, 7) is 15.6. The van der Waals surface area contributed by atoms with Crippen LogP contribution in [0.5, 0.6) is 0 Å². The van der Waals surface area contributed by atoms with Crippen LogP contribution < -0.4 is 5.32 Å². The van der Waals surface area contributed by atoms with Crippen LogP contribution in [0.4, 0.5) is 0 Å². The zero-order valence-electron chi connectivity index (χ0n) is 17.1. The van der Waals surface area contributed by atoms with Gasteiger partial charge in [0, 0.05) is 52.9 Å².